The van der Waals surface area contributed by atoms with Gasteiger partial charge in [-0.15, -0.1) is 0 Å². The number of benzene rings is 1. The average Bonchev–Trinajstić information content (AvgIpc) is 3.04. The van der Waals surface area contributed by atoms with Crippen LogP contribution >= 0.6 is 0 Å². The molecule has 2 heteroatoms. The first-order chi connectivity index (χ1) is 13.5. The third-order valence-electron chi connectivity index (χ3n) is 9.79. The fourth-order valence-electron chi connectivity index (χ4n) is 8.17. The van der Waals surface area contributed by atoms with Crippen molar-refractivity contribution in [2.24, 2.45) is 39.5 Å². The lowest BCUT2D eigenvalue weighted by atomic mass is 9.45. The van der Waals surface area contributed by atoms with Gasteiger partial charge >= 0.3 is 0 Å². The predicted octanol–water partition coefficient (Wildman–Crippen LogP) is 5.88. The maximum absolute atomic E-state index is 10.2. The van der Waals surface area contributed by atoms with Crippen molar-refractivity contribution >= 4 is 6.21 Å². The highest BCUT2D eigenvalue weighted by molar-refractivity contribution is 5.79. The number of hydrogen-bond acceptors (Lipinski definition) is 2. The van der Waals surface area contributed by atoms with Crippen LogP contribution in [0.3, 0.4) is 0 Å². The number of rotatable bonds is 2. The van der Waals surface area contributed by atoms with Crippen LogP contribution in [0.15, 0.2) is 35.3 Å². The maximum Gasteiger partial charge on any atom is 0.0556 e. The van der Waals surface area contributed by atoms with Gasteiger partial charge in [0.25, 0.3) is 0 Å². The zero-order chi connectivity index (χ0) is 19.4. The molecule has 0 spiro atoms. The fourth-order valence-corrected chi connectivity index (χ4v) is 8.17. The Bertz CT molecular complexity index is 729. The molecule has 0 aliphatic heterocycles. The van der Waals surface area contributed by atoms with E-state index in [0.29, 0.717) is 16.9 Å². The molecule has 5 rings (SSSR count). The molecule has 4 fully saturated rings. The van der Waals surface area contributed by atoms with Gasteiger partial charge in [0.2, 0.25) is 0 Å². The number of fused-ring (bicyclic) bond motifs is 5. The van der Waals surface area contributed by atoms with Crippen molar-refractivity contribution in [2.45, 2.75) is 83.8 Å². The van der Waals surface area contributed by atoms with E-state index in [-0.39, 0.29) is 6.10 Å². The van der Waals surface area contributed by atoms with Gasteiger partial charge < -0.3 is 5.11 Å². The van der Waals surface area contributed by atoms with Gasteiger partial charge in [-0.05, 0) is 97.9 Å². The van der Waals surface area contributed by atoms with Crippen LogP contribution in [0.1, 0.15) is 77.2 Å². The molecule has 0 heterocycles. The second-order valence-electron chi connectivity index (χ2n) is 10.9. The quantitative estimate of drug-likeness (QED) is 0.640. The molecule has 0 saturated heterocycles. The first-order valence-corrected chi connectivity index (χ1v) is 11.8. The second kappa shape index (κ2) is 6.97. The van der Waals surface area contributed by atoms with E-state index >= 15 is 0 Å². The summed E-state index contributed by atoms with van der Waals surface area (Å²) in [6.07, 6.45) is 13.6. The Morgan fingerprint density at radius 1 is 0.893 bits per heavy atom. The summed E-state index contributed by atoms with van der Waals surface area (Å²) in [4.78, 5) is 5.14. The van der Waals surface area contributed by atoms with Gasteiger partial charge in [0, 0.05) is 6.21 Å². The Hall–Kier alpha value is -1.15. The van der Waals surface area contributed by atoms with Crippen molar-refractivity contribution in [1.82, 2.24) is 0 Å². The monoisotopic (exact) mass is 379 g/mol. The summed E-state index contributed by atoms with van der Waals surface area (Å²) in [5.74, 6) is 3.39. The van der Waals surface area contributed by atoms with Crippen molar-refractivity contribution in [3.05, 3.63) is 35.9 Å². The van der Waals surface area contributed by atoms with Crippen molar-refractivity contribution in [3.63, 3.8) is 0 Å². The third-order valence-corrected chi connectivity index (χ3v) is 9.79. The first kappa shape index (κ1) is 18.9. The van der Waals surface area contributed by atoms with Crippen LogP contribution in [0.5, 0.6) is 0 Å². The molecule has 1 aromatic carbocycles. The molecular formula is C26H37NO. The van der Waals surface area contributed by atoms with Crippen molar-refractivity contribution < 1.29 is 5.11 Å². The van der Waals surface area contributed by atoms with Gasteiger partial charge in [-0.1, -0.05) is 44.2 Å². The van der Waals surface area contributed by atoms with Gasteiger partial charge in [-0.3, -0.25) is 4.99 Å². The molecule has 0 aromatic heterocycles. The van der Waals surface area contributed by atoms with Crippen molar-refractivity contribution in [3.8, 4) is 0 Å². The molecule has 8 atom stereocenters. The van der Waals surface area contributed by atoms with E-state index < -0.39 is 0 Å². The number of aliphatic hydroxyl groups excluding tert-OH is 1. The Morgan fingerprint density at radius 2 is 1.64 bits per heavy atom. The van der Waals surface area contributed by atoms with Crippen LogP contribution in [-0.4, -0.2) is 23.5 Å². The molecule has 0 unspecified atom stereocenters. The zero-order valence-electron chi connectivity index (χ0n) is 17.7. The minimum Gasteiger partial charge on any atom is -0.393 e. The first-order valence-electron chi connectivity index (χ1n) is 11.8. The SMILES string of the molecule is C[C@@]12CC[C@H]3[C@@H](CC[C@H]4C[C@H](O)CC[C@@]43C)[C@H]1CC[C@@H]2N=Cc1ccccc1. The van der Waals surface area contributed by atoms with E-state index in [9.17, 15) is 5.11 Å². The van der Waals surface area contributed by atoms with Crippen molar-refractivity contribution in [2.75, 3.05) is 0 Å². The van der Waals surface area contributed by atoms with Gasteiger partial charge in [0.05, 0.1) is 12.1 Å². The second-order valence-corrected chi connectivity index (χ2v) is 10.9. The van der Waals surface area contributed by atoms with Gasteiger partial charge in [-0.2, -0.15) is 0 Å². The molecule has 1 aromatic rings. The van der Waals surface area contributed by atoms with E-state index in [4.69, 9.17) is 4.99 Å². The Morgan fingerprint density at radius 3 is 2.46 bits per heavy atom. The molecule has 0 bridgehead atoms. The smallest absolute Gasteiger partial charge is 0.0556 e. The lowest BCUT2D eigenvalue weighted by Gasteiger charge is -2.60. The fraction of sp³-hybridized carbons (Fsp3) is 0.731. The lowest BCUT2D eigenvalue weighted by Crippen LogP contribution is -2.54. The number of hydrogen-bond donors (Lipinski definition) is 1. The summed E-state index contributed by atoms with van der Waals surface area (Å²) in [6, 6.07) is 11.1. The van der Waals surface area contributed by atoms with Gasteiger partial charge in [-0.25, -0.2) is 0 Å². The van der Waals surface area contributed by atoms with Crippen LogP contribution in [0, 0.1) is 34.5 Å². The van der Waals surface area contributed by atoms with Crippen LogP contribution in [-0.2, 0) is 0 Å². The van der Waals surface area contributed by atoms with E-state index in [1.165, 1.54) is 50.5 Å². The van der Waals surface area contributed by atoms with Gasteiger partial charge in [0.1, 0.15) is 0 Å². The normalized spacial score (nSPS) is 48.1. The highest BCUT2D eigenvalue weighted by Crippen LogP contribution is 2.66. The molecule has 4 saturated carbocycles. The standard InChI is InChI=1S/C26H37NO/c1-25-14-12-20(28)16-19(25)8-9-21-22-10-11-24(26(22,2)15-13-23(21)25)27-17-18-6-4-3-5-7-18/h3-7,17,19-24,28H,8-16H2,1-2H3/t19-,20+,21-,22+,23-,24-,25-,26+/m0/s1. The molecule has 0 radical (unpaired) electrons. The summed E-state index contributed by atoms with van der Waals surface area (Å²) in [5, 5.41) is 10.2. The highest BCUT2D eigenvalue weighted by atomic mass is 16.3. The molecular weight excluding hydrogens is 342 g/mol. The maximum atomic E-state index is 10.2. The highest BCUT2D eigenvalue weighted by Gasteiger charge is 2.60. The van der Waals surface area contributed by atoms with Gasteiger partial charge in [0.15, 0.2) is 0 Å². The Balaban J connectivity index is 1.36. The minimum atomic E-state index is -0.0355. The summed E-state index contributed by atoms with van der Waals surface area (Å²) in [7, 11) is 0. The van der Waals surface area contributed by atoms with E-state index in [0.717, 1.165) is 36.5 Å². The summed E-state index contributed by atoms with van der Waals surface area (Å²) in [5.41, 5.74) is 2.11. The Labute approximate surface area is 170 Å². The topological polar surface area (TPSA) is 32.6 Å². The lowest BCUT2D eigenvalue weighted by molar-refractivity contribution is -0.122. The van der Waals surface area contributed by atoms with Crippen LogP contribution in [0.4, 0.5) is 0 Å². The summed E-state index contributed by atoms with van der Waals surface area (Å²) >= 11 is 0. The third kappa shape index (κ3) is 2.90. The predicted molar refractivity (Wildman–Crippen MR) is 116 cm³/mol. The minimum absolute atomic E-state index is 0.0355. The van der Waals surface area contributed by atoms with Crippen LogP contribution in [0.25, 0.3) is 0 Å². The number of aliphatic imine (C=N–C) groups is 1. The zero-order valence-corrected chi connectivity index (χ0v) is 17.7. The molecule has 4 aliphatic rings. The van der Waals surface area contributed by atoms with Crippen molar-refractivity contribution in [1.29, 1.82) is 0 Å². The molecule has 28 heavy (non-hydrogen) atoms. The Kier molecular flexibility index (Phi) is 4.69. The van der Waals surface area contributed by atoms with E-state index in [1.54, 1.807) is 0 Å². The molecule has 0 amide bonds. The van der Waals surface area contributed by atoms with Crippen LogP contribution in [0.2, 0.25) is 0 Å². The van der Waals surface area contributed by atoms with Crippen LogP contribution < -0.4 is 0 Å². The average molecular weight is 380 g/mol. The molecule has 4 aliphatic carbocycles. The molecule has 152 valence electrons. The number of aliphatic hydroxyl groups is 1. The molecule has 2 nitrogen and oxygen atoms in total. The van der Waals surface area contributed by atoms with E-state index in [1.807, 2.05) is 0 Å². The number of nitrogens with zero attached hydrogens (tertiary/aromatic N) is 1. The largest absolute Gasteiger partial charge is 0.393 e. The van der Waals surface area contributed by atoms with E-state index in [2.05, 4.69) is 50.4 Å². The summed E-state index contributed by atoms with van der Waals surface area (Å²) in [6.45, 7) is 5.15. The molecule has 1 N–H and O–H groups in total. The summed E-state index contributed by atoms with van der Waals surface area (Å²) < 4.78 is 0.